The Labute approximate surface area is 152 Å². The number of hydrogen-bond donors (Lipinski definition) is 0. The van der Waals surface area contributed by atoms with E-state index in [4.69, 9.17) is 9.47 Å². The number of carbonyl (C=O) groups is 1. The lowest BCUT2D eigenvalue weighted by molar-refractivity contribution is -0.126. The van der Waals surface area contributed by atoms with Crippen LogP contribution in [0.25, 0.3) is 6.08 Å². The molecule has 0 aromatic heterocycles. The Balaban J connectivity index is 1.80. The van der Waals surface area contributed by atoms with Crippen LogP contribution in [0.2, 0.25) is 0 Å². The molecule has 2 aromatic carbocycles. The van der Waals surface area contributed by atoms with Gasteiger partial charge in [0.2, 0.25) is 5.91 Å². The van der Waals surface area contributed by atoms with Crippen LogP contribution in [0.15, 0.2) is 48.5 Å². The molecule has 1 amide bonds. The molecule has 3 rings (SSSR count). The quantitative estimate of drug-likeness (QED) is 0.754. The van der Waals surface area contributed by atoms with Gasteiger partial charge in [0.1, 0.15) is 17.3 Å². The van der Waals surface area contributed by atoms with Crippen molar-refractivity contribution in [2.75, 3.05) is 20.8 Å². The summed E-state index contributed by atoms with van der Waals surface area (Å²) in [5.41, 5.74) is 1.63. The molecule has 2 aromatic rings. The molecule has 1 saturated heterocycles. The van der Waals surface area contributed by atoms with Gasteiger partial charge in [-0.15, -0.1) is 0 Å². The number of benzene rings is 2. The summed E-state index contributed by atoms with van der Waals surface area (Å²) in [5.74, 6) is 1.02. The van der Waals surface area contributed by atoms with Crippen LogP contribution in [0.3, 0.4) is 0 Å². The van der Waals surface area contributed by atoms with Crippen molar-refractivity contribution in [3.05, 3.63) is 65.5 Å². The molecular weight excluding hydrogens is 333 g/mol. The number of methoxy groups -OCH3 is 2. The van der Waals surface area contributed by atoms with Gasteiger partial charge >= 0.3 is 0 Å². The molecular formula is C21H22FNO3. The largest absolute Gasteiger partial charge is 0.497 e. The molecule has 4 nitrogen and oxygen atoms in total. The maximum atomic E-state index is 13.3. The highest BCUT2D eigenvalue weighted by molar-refractivity contribution is 5.92. The summed E-state index contributed by atoms with van der Waals surface area (Å²) < 4.78 is 24.0. The van der Waals surface area contributed by atoms with Gasteiger partial charge in [-0.1, -0.05) is 12.1 Å². The second-order valence-electron chi connectivity index (χ2n) is 6.19. The first-order valence-corrected chi connectivity index (χ1v) is 8.58. The monoisotopic (exact) mass is 355 g/mol. The number of halogens is 1. The second kappa shape index (κ2) is 8.04. The van der Waals surface area contributed by atoms with E-state index in [-0.39, 0.29) is 17.8 Å². The summed E-state index contributed by atoms with van der Waals surface area (Å²) in [6, 6.07) is 11.8. The average molecular weight is 355 g/mol. The molecule has 0 saturated carbocycles. The van der Waals surface area contributed by atoms with E-state index in [1.165, 1.54) is 18.2 Å². The lowest BCUT2D eigenvalue weighted by atomic mass is 10.0. The molecule has 0 bridgehead atoms. The van der Waals surface area contributed by atoms with Crippen LogP contribution in [-0.4, -0.2) is 31.6 Å². The fraction of sp³-hybridized carbons (Fsp3) is 0.286. The molecule has 26 heavy (non-hydrogen) atoms. The number of carbonyl (C=O) groups excluding carboxylic acids is 1. The smallest absolute Gasteiger partial charge is 0.247 e. The van der Waals surface area contributed by atoms with Crippen molar-refractivity contribution >= 4 is 12.0 Å². The predicted molar refractivity (Wildman–Crippen MR) is 98.7 cm³/mol. The number of rotatable bonds is 5. The molecule has 0 radical (unpaired) electrons. The Bertz CT molecular complexity index is 819. The third-order valence-corrected chi connectivity index (χ3v) is 4.60. The molecule has 1 atom stereocenters. The van der Waals surface area contributed by atoms with Crippen LogP contribution in [0.5, 0.6) is 11.5 Å². The summed E-state index contributed by atoms with van der Waals surface area (Å²) in [4.78, 5) is 14.5. The van der Waals surface area contributed by atoms with Gasteiger partial charge in [-0.05, 0) is 48.7 Å². The molecule has 1 aliphatic heterocycles. The number of nitrogens with zero attached hydrogens (tertiary/aromatic N) is 1. The van der Waals surface area contributed by atoms with E-state index in [0.29, 0.717) is 23.6 Å². The van der Waals surface area contributed by atoms with Crippen LogP contribution in [-0.2, 0) is 4.79 Å². The molecule has 5 heteroatoms. The zero-order chi connectivity index (χ0) is 18.5. The molecule has 0 unspecified atom stereocenters. The van der Waals surface area contributed by atoms with Crippen molar-refractivity contribution < 1.29 is 18.7 Å². The first-order valence-electron chi connectivity index (χ1n) is 8.58. The molecule has 136 valence electrons. The number of amides is 1. The minimum Gasteiger partial charge on any atom is -0.497 e. The summed E-state index contributed by atoms with van der Waals surface area (Å²) in [7, 11) is 3.22. The van der Waals surface area contributed by atoms with Gasteiger partial charge in [0.25, 0.3) is 0 Å². The van der Waals surface area contributed by atoms with E-state index < -0.39 is 0 Å². The molecule has 0 N–H and O–H groups in total. The van der Waals surface area contributed by atoms with Crippen molar-refractivity contribution in [2.45, 2.75) is 18.9 Å². The molecule has 1 aliphatic rings. The molecule has 0 aliphatic carbocycles. The fourth-order valence-electron chi connectivity index (χ4n) is 3.32. The predicted octanol–water partition coefficient (Wildman–Crippen LogP) is 4.22. The van der Waals surface area contributed by atoms with Gasteiger partial charge < -0.3 is 14.4 Å². The highest BCUT2D eigenvalue weighted by atomic mass is 19.1. The van der Waals surface area contributed by atoms with E-state index in [1.807, 2.05) is 23.1 Å². The number of likely N-dealkylation sites (tertiary alicyclic amines) is 1. The van der Waals surface area contributed by atoms with Crippen LogP contribution in [0, 0.1) is 5.82 Å². The standard InChI is InChI=1S/C21H22FNO3/c1-25-17-9-10-18(20(14-17)26-2)19-7-4-12-23(19)21(24)11-8-15-5-3-6-16(22)13-15/h3,5-6,8-11,13-14,19H,4,7,12H2,1-2H3/b11-8+/t19-/m0/s1. The van der Waals surface area contributed by atoms with Gasteiger partial charge in [-0.25, -0.2) is 4.39 Å². The Morgan fingerprint density at radius 1 is 1.19 bits per heavy atom. The highest BCUT2D eigenvalue weighted by Gasteiger charge is 2.30. The third-order valence-electron chi connectivity index (χ3n) is 4.60. The summed E-state index contributed by atoms with van der Waals surface area (Å²) in [6.07, 6.45) is 4.96. The molecule has 1 heterocycles. The van der Waals surface area contributed by atoms with Crippen molar-refractivity contribution in [3.63, 3.8) is 0 Å². The highest BCUT2D eigenvalue weighted by Crippen LogP contribution is 2.38. The van der Waals surface area contributed by atoms with E-state index in [0.717, 1.165) is 18.4 Å². The van der Waals surface area contributed by atoms with Crippen molar-refractivity contribution in [1.29, 1.82) is 0 Å². The van der Waals surface area contributed by atoms with E-state index >= 15 is 0 Å². The number of ether oxygens (including phenoxy) is 2. The zero-order valence-corrected chi connectivity index (χ0v) is 14.9. The van der Waals surface area contributed by atoms with E-state index in [1.54, 1.807) is 32.4 Å². The SMILES string of the molecule is COc1ccc([C@@H]2CCCN2C(=O)/C=C/c2cccc(F)c2)c(OC)c1. The van der Waals surface area contributed by atoms with Crippen LogP contribution >= 0.6 is 0 Å². The number of hydrogen-bond acceptors (Lipinski definition) is 3. The van der Waals surface area contributed by atoms with Crippen molar-refractivity contribution in [2.24, 2.45) is 0 Å². The first kappa shape index (κ1) is 18.0. The van der Waals surface area contributed by atoms with Gasteiger partial charge in [-0.3, -0.25) is 4.79 Å². The van der Waals surface area contributed by atoms with Gasteiger partial charge in [0.15, 0.2) is 0 Å². The van der Waals surface area contributed by atoms with Crippen molar-refractivity contribution in [1.82, 2.24) is 4.90 Å². The fourth-order valence-corrected chi connectivity index (χ4v) is 3.32. The lowest BCUT2D eigenvalue weighted by Crippen LogP contribution is -2.29. The summed E-state index contributed by atoms with van der Waals surface area (Å²) >= 11 is 0. The molecule has 0 spiro atoms. The first-order chi connectivity index (χ1) is 12.6. The van der Waals surface area contributed by atoms with Crippen LogP contribution in [0.4, 0.5) is 4.39 Å². The zero-order valence-electron chi connectivity index (χ0n) is 14.9. The minimum atomic E-state index is -0.318. The Kier molecular flexibility index (Phi) is 5.56. The summed E-state index contributed by atoms with van der Waals surface area (Å²) in [6.45, 7) is 0.687. The maximum Gasteiger partial charge on any atom is 0.247 e. The minimum absolute atomic E-state index is 0.0412. The summed E-state index contributed by atoms with van der Waals surface area (Å²) in [5, 5.41) is 0. The van der Waals surface area contributed by atoms with Crippen LogP contribution in [0.1, 0.15) is 30.0 Å². The lowest BCUT2D eigenvalue weighted by Gasteiger charge is -2.25. The topological polar surface area (TPSA) is 38.8 Å². The third kappa shape index (κ3) is 3.87. The Morgan fingerprint density at radius 3 is 2.77 bits per heavy atom. The van der Waals surface area contributed by atoms with Crippen LogP contribution < -0.4 is 9.47 Å². The Hall–Kier alpha value is -2.82. The van der Waals surface area contributed by atoms with Gasteiger partial charge in [-0.2, -0.15) is 0 Å². The van der Waals surface area contributed by atoms with Gasteiger partial charge in [0.05, 0.1) is 20.3 Å². The normalized spacial score (nSPS) is 16.9. The molecule has 1 fully saturated rings. The Morgan fingerprint density at radius 2 is 2.04 bits per heavy atom. The van der Waals surface area contributed by atoms with Gasteiger partial charge in [0, 0.05) is 24.3 Å². The van der Waals surface area contributed by atoms with E-state index in [2.05, 4.69) is 0 Å². The second-order valence-corrected chi connectivity index (χ2v) is 6.19. The van der Waals surface area contributed by atoms with E-state index in [9.17, 15) is 9.18 Å². The maximum absolute atomic E-state index is 13.3. The average Bonchev–Trinajstić information content (AvgIpc) is 3.15. The van der Waals surface area contributed by atoms with Crippen molar-refractivity contribution in [3.8, 4) is 11.5 Å².